The van der Waals surface area contributed by atoms with Crippen molar-refractivity contribution in [2.45, 2.75) is 27.2 Å². The van der Waals surface area contributed by atoms with Gasteiger partial charge in [-0.3, -0.25) is 4.79 Å². The minimum Gasteiger partial charge on any atom is -0.371 e. The Morgan fingerprint density at radius 1 is 1.00 bits per heavy atom. The Bertz CT molecular complexity index is 602. The lowest BCUT2D eigenvalue weighted by molar-refractivity contribution is -0.116. The summed E-state index contributed by atoms with van der Waals surface area (Å²) < 4.78 is 0. The predicted molar refractivity (Wildman–Crippen MR) is 93.5 cm³/mol. The Hall–Kier alpha value is -2.29. The molecule has 0 aliphatic rings. The standard InChI is InChI=1S/C19H24N2O/c1-4-21(17-11-6-5-7-12-17)14-13-18(22)20-19-15(2)9-8-10-16(19)3/h5-12H,4,13-14H2,1-3H3,(H,20,22). The first kappa shape index (κ1) is 16.1. The Labute approximate surface area is 133 Å². The van der Waals surface area contributed by atoms with Crippen LogP contribution in [0.1, 0.15) is 24.5 Å². The normalized spacial score (nSPS) is 10.3. The van der Waals surface area contributed by atoms with Gasteiger partial charge >= 0.3 is 0 Å². The van der Waals surface area contributed by atoms with Crippen LogP contribution in [-0.2, 0) is 4.79 Å². The molecule has 0 radical (unpaired) electrons. The van der Waals surface area contributed by atoms with E-state index in [0.29, 0.717) is 6.42 Å². The second kappa shape index (κ2) is 7.64. The number of rotatable bonds is 6. The van der Waals surface area contributed by atoms with E-state index in [-0.39, 0.29) is 5.91 Å². The number of para-hydroxylation sites is 2. The van der Waals surface area contributed by atoms with Crippen molar-refractivity contribution in [3.63, 3.8) is 0 Å². The molecular weight excluding hydrogens is 272 g/mol. The highest BCUT2D eigenvalue weighted by molar-refractivity contribution is 5.92. The monoisotopic (exact) mass is 296 g/mol. The first-order valence-corrected chi connectivity index (χ1v) is 7.78. The molecule has 3 heteroatoms. The lowest BCUT2D eigenvalue weighted by Crippen LogP contribution is -2.27. The van der Waals surface area contributed by atoms with Crippen molar-refractivity contribution in [3.8, 4) is 0 Å². The number of hydrogen-bond donors (Lipinski definition) is 1. The fourth-order valence-electron chi connectivity index (χ4n) is 2.56. The Morgan fingerprint density at radius 3 is 2.23 bits per heavy atom. The molecule has 0 unspecified atom stereocenters. The van der Waals surface area contributed by atoms with Gasteiger partial charge < -0.3 is 10.2 Å². The van der Waals surface area contributed by atoms with E-state index in [0.717, 1.165) is 35.6 Å². The van der Waals surface area contributed by atoms with E-state index >= 15 is 0 Å². The van der Waals surface area contributed by atoms with Crippen LogP contribution in [0.25, 0.3) is 0 Å². The van der Waals surface area contributed by atoms with Crippen LogP contribution >= 0.6 is 0 Å². The molecule has 0 spiro atoms. The molecule has 2 aromatic rings. The van der Waals surface area contributed by atoms with Crippen molar-refractivity contribution < 1.29 is 4.79 Å². The quantitative estimate of drug-likeness (QED) is 0.868. The molecule has 2 aromatic carbocycles. The summed E-state index contributed by atoms with van der Waals surface area (Å²) in [6, 6.07) is 16.2. The maximum atomic E-state index is 12.2. The van der Waals surface area contributed by atoms with Crippen LogP contribution in [0, 0.1) is 13.8 Å². The molecule has 0 fully saturated rings. The third-order valence-electron chi connectivity index (χ3n) is 3.86. The second-order valence-electron chi connectivity index (χ2n) is 5.48. The third-order valence-corrected chi connectivity index (χ3v) is 3.86. The van der Waals surface area contributed by atoms with Crippen molar-refractivity contribution in [2.24, 2.45) is 0 Å². The SMILES string of the molecule is CCN(CCC(=O)Nc1c(C)cccc1C)c1ccccc1. The van der Waals surface area contributed by atoms with Gasteiger partial charge in [-0.1, -0.05) is 36.4 Å². The maximum absolute atomic E-state index is 12.2. The number of carbonyl (C=O) groups is 1. The molecule has 3 nitrogen and oxygen atoms in total. The van der Waals surface area contributed by atoms with E-state index < -0.39 is 0 Å². The molecule has 0 aliphatic heterocycles. The predicted octanol–water partition coefficient (Wildman–Crippen LogP) is 4.16. The first-order valence-electron chi connectivity index (χ1n) is 7.78. The van der Waals surface area contributed by atoms with Crippen molar-refractivity contribution in [2.75, 3.05) is 23.3 Å². The molecule has 22 heavy (non-hydrogen) atoms. The Balaban J connectivity index is 1.95. The van der Waals surface area contributed by atoms with Gasteiger partial charge in [0.25, 0.3) is 0 Å². The summed E-state index contributed by atoms with van der Waals surface area (Å²) >= 11 is 0. The fourth-order valence-corrected chi connectivity index (χ4v) is 2.56. The number of anilines is 2. The van der Waals surface area contributed by atoms with Crippen LogP contribution in [0.4, 0.5) is 11.4 Å². The summed E-state index contributed by atoms with van der Waals surface area (Å²) in [4.78, 5) is 14.4. The van der Waals surface area contributed by atoms with Gasteiger partial charge in [-0.05, 0) is 44.0 Å². The van der Waals surface area contributed by atoms with Gasteiger partial charge in [0, 0.05) is 30.9 Å². The van der Waals surface area contributed by atoms with Crippen molar-refractivity contribution >= 4 is 17.3 Å². The highest BCUT2D eigenvalue weighted by Crippen LogP contribution is 2.20. The van der Waals surface area contributed by atoms with Crippen LogP contribution < -0.4 is 10.2 Å². The molecule has 116 valence electrons. The summed E-state index contributed by atoms with van der Waals surface area (Å²) in [5, 5.41) is 3.04. The molecule has 1 N–H and O–H groups in total. The Kier molecular flexibility index (Phi) is 5.59. The van der Waals surface area contributed by atoms with E-state index in [2.05, 4.69) is 29.3 Å². The Morgan fingerprint density at radius 2 is 1.64 bits per heavy atom. The number of nitrogens with zero attached hydrogens (tertiary/aromatic N) is 1. The zero-order valence-corrected chi connectivity index (χ0v) is 13.6. The summed E-state index contributed by atoms with van der Waals surface area (Å²) in [5.41, 5.74) is 4.30. The van der Waals surface area contributed by atoms with E-state index in [9.17, 15) is 4.79 Å². The van der Waals surface area contributed by atoms with Crippen LogP contribution in [0.2, 0.25) is 0 Å². The largest absolute Gasteiger partial charge is 0.371 e. The smallest absolute Gasteiger partial charge is 0.226 e. The van der Waals surface area contributed by atoms with Gasteiger partial charge in [-0.15, -0.1) is 0 Å². The molecule has 0 bridgehead atoms. The lowest BCUT2D eigenvalue weighted by atomic mass is 10.1. The minimum atomic E-state index is 0.0618. The third kappa shape index (κ3) is 4.10. The summed E-state index contributed by atoms with van der Waals surface area (Å²) in [6.07, 6.45) is 0.483. The fraction of sp³-hybridized carbons (Fsp3) is 0.316. The lowest BCUT2D eigenvalue weighted by Gasteiger charge is -2.23. The number of nitrogens with one attached hydrogen (secondary N) is 1. The van der Waals surface area contributed by atoms with Gasteiger partial charge in [-0.2, -0.15) is 0 Å². The van der Waals surface area contributed by atoms with E-state index in [1.165, 1.54) is 0 Å². The minimum absolute atomic E-state index is 0.0618. The molecule has 0 atom stereocenters. The van der Waals surface area contributed by atoms with E-state index in [4.69, 9.17) is 0 Å². The van der Waals surface area contributed by atoms with Gasteiger partial charge in [-0.25, -0.2) is 0 Å². The number of aryl methyl sites for hydroxylation is 2. The highest BCUT2D eigenvalue weighted by Gasteiger charge is 2.10. The van der Waals surface area contributed by atoms with Crippen molar-refractivity contribution in [3.05, 3.63) is 59.7 Å². The van der Waals surface area contributed by atoms with E-state index in [1.54, 1.807) is 0 Å². The number of hydrogen-bond acceptors (Lipinski definition) is 2. The van der Waals surface area contributed by atoms with Gasteiger partial charge in [0.2, 0.25) is 5.91 Å². The number of carbonyl (C=O) groups excluding carboxylic acids is 1. The average molecular weight is 296 g/mol. The molecule has 0 aliphatic carbocycles. The molecule has 2 rings (SSSR count). The van der Waals surface area contributed by atoms with Gasteiger partial charge in [0.1, 0.15) is 0 Å². The van der Waals surface area contributed by atoms with Gasteiger partial charge in [0.05, 0.1) is 0 Å². The maximum Gasteiger partial charge on any atom is 0.226 e. The summed E-state index contributed by atoms with van der Waals surface area (Å²) in [7, 11) is 0. The molecule has 0 saturated heterocycles. The van der Waals surface area contributed by atoms with Crippen molar-refractivity contribution in [1.82, 2.24) is 0 Å². The molecule has 0 aromatic heterocycles. The summed E-state index contributed by atoms with van der Waals surface area (Å²) in [5.74, 6) is 0.0618. The average Bonchev–Trinajstić information content (AvgIpc) is 2.53. The van der Waals surface area contributed by atoms with Crippen LogP contribution in [0.3, 0.4) is 0 Å². The van der Waals surface area contributed by atoms with Crippen LogP contribution in [0.5, 0.6) is 0 Å². The van der Waals surface area contributed by atoms with Crippen LogP contribution in [0.15, 0.2) is 48.5 Å². The van der Waals surface area contributed by atoms with E-state index in [1.807, 2.05) is 50.2 Å². The zero-order chi connectivity index (χ0) is 15.9. The molecular formula is C19H24N2O. The second-order valence-corrected chi connectivity index (χ2v) is 5.48. The molecule has 0 heterocycles. The number of benzene rings is 2. The van der Waals surface area contributed by atoms with Crippen LogP contribution in [-0.4, -0.2) is 19.0 Å². The number of amides is 1. The van der Waals surface area contributed by atoms with Crippen molar-refractivity contribution in [1.29, 1.82) is 0 Å². The highest BCUT2D eigenvalue weighted by atomic mass is 16.1. The first-order chi connectivity index (χ1) is 10.6. The topological polar surface area (TPSA) is 32.3 Å². The van der Waals surface area contributed by atoms with Gasteiger partial charge in [0.15, 0.2) is 0 Å². The zero-order valence-electron chi connectivity index (χ0n) is 13.6. The summed E-state index contributed by atoms with van der Waals surface area (Å²) in [6.45, 7) is 7.75. The molecule has 1 amide bonds. The molecule has 0 saturated carbocycles.